The Morgan fingerprint density at radius 2 is 0.741 bits per heavy atom. The fourth-order valence-electron chi connectivity index (χ4n) is 3.98. The van der Waals surface area contributed by atoms with Gasteiger partial charge >= 0.3 is 0 Å². The zero-order chi connectivity index (χ0) is 20.1. The van der Waals surface area contributed by atoms with Gasteiger partial charge in [0.15, 0.2) is 0 Å². The smallest absolute Gasteiger partial charge is 0.0130 e. The highest BCUT2D eigenvalue weighted by Crippen LogP contribution is 2.34. The molecule has 0 amide bonds. The summed E-state index contributed by atoms with van der Waals surface area (Å²) in [6.07, 6.45) is 27.4. The third kappa shape index (κ3) is 20.1. The van der Waals surface area contributed by atoms with E-state index in [1.54, 1.807) is 0 Å². The lowest BCUT2D eigenvalue weighted by atomic mass is 9.89. The molecular formula is C24H50S3. The second-order valence-corrected chi connectivity index (χ2v) is 10.4. The van der Waals surface area contributed by atoms with Gasteiger partial charge in [-0.25, -0.2) is 0 Å². The van der Waals surface area contributed by atoms with Crippen molar-refractivity contribution in [1.29, 1.82) is 0 Å². The summed E-state index contributed by atoms with van der Waals surface area (Å²) < 4.78 is 0.287. The molecule has 1 atom stereocenters. The lowest BCUT2D eigenvalue weighted by Gasteiger charge is -2.29. The first kappa shape index (κ1) is 28.1. The van der Waals surface area contributed by atoms with Crippen LogP contribution in [0, 0.1) is 0 Å². The van der Waals surface area contributed by atoms with Gasteiger partial charge in [0, 0.05) is 4.75 Å². The maximum absolute atomic E-state index is 5.20. The molecule has 0 aromatic carbocycles. The summed E-state index contributed by atoms with van der Waals surface area (Å²) in [6.45, 7) is 2.30. The molecule has 0 aliphatic rings. The van der Waals surface area contributed by atoms with E-state index in [9.17, 15) is 0 Å². The molecule has 0 spiro atoms. The highest BCUT2D eigenvalue weighted by Gasteiger charge is 2.23. The van der Waals surface area contributed by atoms with Gasteiger partial charge in [-0.2, -0.15) is 37.9 Å². The lowest BCUT2D eigenvalue weighted by molar-refractivity contribution is 0.412. The van der Waals surface area contributed by atoms with Crippen LogP contribution in [0.5, 0.6) is 0 Å². The minimum atomic E-state index is 0.287. The van der Waals surface area contributed by atoms with E-state index in [2.05, 4.69) is 32.2 Å². The van der Waals surface area contributed by atoms with Crippen LogP contribution >= 0.6 is 37.9 Å². The zero-order valence-electron chi connectivity index (χ0n) is 18.4. The molecular weight excluding hydrogens is 384 g/mol. The van der Waals surface area contributed by atoms with Crippen LogP contribution < -0.4 is 0 Å². The molecule has 0 bridgehead atoms. The first-order valence-corrected chi connectivity index (χ1v) is 13.8. The monoisotopic (exact) mass is 434 g/mol. The summed E-state index contributed by atoms with van der Waals surface area (Å²) in [6, 6.07) is 0. The second-order valence-electron chi connectivity index (χ2n) is 8.58. The van der Waals surface area contributed by atoms with Crippen LogP contribution in [0.25, 0.3) is 0 Å². The predicted molar refractivity (Wildman–Crippen MR) is 137 cm³/mol. The number of rotatable bonds is 22. The maximum Gasteiger partial charge on any atom is 0.0130 e. The first-order chi connectivity index (χ1) is 13.2. The van der Waals surface area contributed by atoms with Crippen LogP contribution in [0.2, 0.25) is 0 Å². The Hall–Kier alpha value is 1.05. The topological polar surface area (TPSA) is 0 Å². The second kappa shape index (κ2) is 21.8. The van der Waals surface area contributed by atoms with Crippen molar-refractivity contribution in [1.82, 2.24) is 0 Å². The van der Waals surface area contributed by atoms with E-state index in [4.69, 9.17) is 12.6 Å². The fraction of sp³-hybridized carbons (Fsp3) is 1.00. The summed E-state index contributed by atoms with van der Waals surface area (Å²) in [4.78, 5) is 0. The Kier molecular flexibility index (Phi) is 22.6. The highest BCUT2D eigenvalue weighted by molar-refractivity contribution is 7.81. The third-order valence-electron chi connectivity index (χ3n) is 5.85. The molecule has 0 heterocycles. The Balaban J connectivity index is 3.86. The molecule has 0 N–H and O–H groups in total. The largest absolute Gasteiger partial charge is 0.179 e. The summed E-state index contributed by atoms with van der Waals surface area (Å²) in [5.41, 5.74) is 0. The highest BCUT2D eigenvalue weighted by atomic mass is 32.1. The van der Waals surface area contributed by atoms with Gasteiger partial charge in [-0.05, 0) is 43.6 Å². The molecule has 3 heteroatoms. The molecule has 0 saturated carbocycles. The van der Waals surface area contributed by atoms with Crippen LogP contribution in [-0.4, -0.2) is 16.3 Å². The van der Waals surface area contributed by atoms with Gasteiger partial charge in [0.25, 0.3) is 0 Å². The average molecular weight is 435 g/mol. The van der Waals surface area contributed by atoms with E-state index >= 15 is 0 Å². The van der Waals surface area contributed by atoms with Crippen molar-refractivity contribution in [2.75, 3.05) is 11.5 Å². The minimum absolute atomic E-state index is 0.287. The molecule has 27 heavy (non-hydrogen) atoms. The Morgan fingerprint density at radius 3 is 1.15 bits per heavy atom. The van der Waals surface area contributed by atoms with Crippen molar-refractivity contribution in [2.45, 2.75) is 140 Å². The van der Waals surface area contributed by atoms with Gasteiger partial charge in [-0.3, -0.25) is 0 Å². The van der Waals surface area contributed by atoms with Gasteiger partial charge < -0.3 is 0 Å². The standard InChI is InChI=1S/C24H50S3/c1-2-3-4-5-6-7-8-11-14-19-24(27,21-16-18-23-26)20-15-12-9-10-13-17-22-25/h25-27H,2-23H2,1H3. The van der Waals surface area contributed by atoms with Gasteiger partial charge in [0.2, 0.25) is 0 Å². The van der Waals surface area contributed by atoms with Gasteiger partial charge in [0.05, 0.1) is 0 Å². The van der Waals surface area contributed by atoms with Crippen LogP contribution in [0.15, 0.2) is 0 Å². The van der Waals surface area contributed by atoms with E-state index in [-0.39, 0.29) is 4.75 Å². The van der Waals surface area contributed by atoms with E-state index in [0.717, 1.165) is 11.5 Å². The van der Waals surface area contributed by atoms with Crippen molar-refractivity contribution >= 4 is 37.9 Å². The summed E-state index contributed by atoms with van der Waals surface area (Å²) in [5, 5.41) is 0. The number of thiol groups is 3. The van der Waals surface area contributed by atoms with Gasteiger partial charge in [0.1, 0.15) is 0 Å². The molecule has 0 fully saturated rings. The van der Waals surface area contributed by atoms with Crippen LogP contribution in [0.1, 0.15) is 135 Å². The van der Waals surface area contributed by atoms with Crippen molar-refractivity contribution in [3.63, 3.8) is 0 Å². The number of hydrogen-bond donors (Lipinski definition) is 3. The number of hydrogen-bond acceptors (Lipinski definition) is 3. The molecule has 0 aliphatic heterocycles. The van der Waals surface area contributed by atoms with Crippen LogP contribution in [0.3, 0.4) is 0 Å². The van der Waals surface area contributed by atoms with E-state index < -0.39 is 0 Å². The molecule has 0 saturated heterocycles. The van der Waals surface area contributed by atoms with Crippen LogP contribution in [0.4, 0.5) is 0 Å². The average Bonchev–Trinajstić information content (AvgIpc) is 2.66. The normalized spacial score (nSPS) is 13.8. The van der Waals surface area contributed by atoms with Crippen molar-refractivity contribution < 1.29 is 0 Å². The SMILES string of the molecule is CCCCCCCCCCCC(S)(CCCCS)CCCCCCCCS. The molecule has 1 unspecified atom stereocenters. The minimum Gasteiger partial charge on any atom is -0.179 e. The lowest BCUT2D eigenvalue weighted by Crippen LogP contribution is -2.21. The van der Waals surface area contributed by atoms with E-state index in [1.807, 2.05) is 0 Å². The van der Waals surface area contributed by atoms with Crippen molar-refractivity contribution in [3.05, 3.63) is 0 Å². The quantitative estimate of drug-likeness (QED) is 0.110. The molecule has 0 rings (SSSR count). The predicted octanol–water partition coefficient (Wildman–Crippen LogP) is 9.34. The summed E-state index contributed by atoms with van der Waals surface area (Å²) in [5.74, 6) is 2.07. The van der Waals surface area contributed by atoms with E-state index in [1.165, 1.54) is 128 Å². The Morgan fingerprint density at radius 1 is 0.444 bits per heavy atom. The molecule has 0 aromatic rings. The maximum atomic E-state index is 5.20. The third-order valence-corrected chi connectivity index (χ3v) is 7.15. The molecule has 0 radical (unpaired) electrons. The molecule has 0 nitrogen and oxygen atoms in total. The van der Waals surface area contributed by atoms with Gasteiger partial charge in [-0.1, -0.05) is 103 Å². The Labute approximate surface area is 189 Å². The van der Waals surface area contributed by atoms with Crippen molar-refractivity contribution in [3.8, 4) is 0 Å². The summed E-state index contributed by atoms with van der Waals surface area (Å²) >= 11 is 13.9. The summed E-state index contributed by atoms with van der Waals surface area (Å²) in [7, 11) is 0. The van der Waals surface area contributed by atoms with Crippen molar-refractivity contribution in [2.24, 2.45) is 0 Å². The molecule has 0 aliphatic carbocycles. The first-order valence-electron chi connectivity index (χ1n) is 12.1. The zero-order valence-corrected chi connectivity index (χ0v) is 21.1. The number of unbranched alkanes of at least 4 members (excludes halogenated alkanes) is 14. The molecule has 164 valence electrons. The Bertz CT molecular complexity index is 283. The van der Waals surface area contributed by atoms with Gasteiger partial charge in [-0.15, -0.1) is 0 Å². The molecule has 0 aromatic heterocycles. The van der Waals surface area contributed by atoms with Crippen LogP contribution in [-0.2, 0) is 0 Å². The fourth-order valence-corrected chi connectivity index (χ4v) is 4.90. The van der Waals surface area contributed by atoms with E-state index in [0.29, 0.717) is 0 Å².